The summed E-state index contributed by atoms with van der Waals surface area (Å²) in [5.74, 6) is 0.220. The van der Waals surface area contributed by atoms with Crippen molar-refractivity contribution in [2.75, 3.05) is 12.3 Å². The fourth-order valence-corrected chi connectivity index (χ4v) is 0.822. The summed E-state index contributed by atoms with van der Waals surface area (Å²) in [5.41, 5.74) is 5.11. The molecule has 13 heavy (non-hydrogen) atoms. The van der Waals surface area contributed by atoms with E-state index < -0.39 is 0 Å². The van der Waals surface area contributed by atoms with Crippen LogP contribution in [-0.4, -0.2) is 16.6 Å². The van der Waals surface area contributed by atoms with Gasteiger partial charge in [0.1, 0.15) is 0 Å². The van der Waals surface area contributed by atoms with Gasteiger partial charge in [-0.25, -0.2) is 4.98 Å². The van der Waals surface area contributed by atoms with E-state index in [1.54, 1.807) is 0 Å². The van der Waals surface area contributed by atoms with Crippen molar-refractivity contribution < 1.29 is 4.74 Å². The van der Waals surface area contributed by atoms with Crippen LogP contribution >= 0.6 is 0 Å². The molecule has 0 fully saturated rings. The molecule has 0 aliphatic rings. The molecule has 0 aromatic carbocycles. The average Bonchev–Trinajstić information content (AvgIpc) is 2.13. The van der Waals surface area contributed by atoms with Gasteiger partial charge in [-0.15, -0.1) is 0 Å². The molecule has 0 bridgehead atoms. The van der Waals surface area contributed by atoms with Crippen molar-refractivity contribution in [3.63, 3.8) is 0 Å². The van der Waals surface area contributed by atoms with E-state index in [2.05, 4.69) is 16.9 Å². The van der Waals surface area contributed by atoms with Crippen LogP contribution in [0.2, 0.25) is 0 Å². The maximum atomic E-state index is 11.0. The van der Waals surface area contributed by atoms with Crippen molar-refractivity contribution in [3.05, 3.63) is 16.7 Å². The quantitative estimate of drug-likeness (QED) is 0.667. The first kappa shape index (κ1) is 9.57. The van der Waals surface area contributed by atoms with Gasteiger partial charge in [0, 0.05) is 0 Å². The third-order valence-electron chi connectivity index (χ3n) is 1.59. The third-order valence-corrected chi connectivity index (χ3v) is 1.59. The van der Waals surface area contributed by atoms with E-state index in [1.807, 2.05) is 0 Å². The normalized spacial score (nSPS) is 9.92. The summed E-state index contributed by atoms with van der Waals surface area (Å²) < 4.78 is 5.20. The zero-order valence-electron chi connectivity index (χ0n) is 7.54. The Balaban J connectivity index is 2.66. The number of nitrogens with one attached hydrogen (secondary N) is 1. The highest BCUT2D eigenvalue weighted by Crippen LogP contribution is 2.10. The smallest absolute Gasteiger partial charge is 0.277 e. The standard InChI is InChI=1S/C8H13N3O2/c1-2-3-4-13-8-6(9)7(12)10-5-11-8/h5H,2-4,9H2,1H3,(H,10,11,12). The lowest BCUT2D eigenvalue weighted by Crippen LogP contribution is -2.14. The van der Waals surface area contributed by atoms with Crippen LogP contribution in [0.1, 0.15) is 19.8 Å². The summed E-state index contributed by atoms with van der Waals surface area (Å²) in [7, 11) is 0. The number of unbranched alkanes of at least 4 members (excludes halogenated alkanes) is 1. The van der Waals surface area contributed by atoms with Gasteiger partial charge >= 0.3 is 0 Å². The molecule has 0 atom stereocenters. The van der Waals surface area contributed by atoms with Crippen LogP contribution in [0, 0.1) is 0 Å². The Morgan fingerprint density at radius 2 is 2.46 bits per heavy atom. The molecule has 5 heteroatoms. The molecule has 0 spiro atoms. The zero-order chi connectivity index (χ0) is 9.68. The van der Waals surface area contributed by atoms with Gasteiger partial charge in [-0.2, -0.15) is 0 Å². The molecule has 1 heterocycles. The molecule has 1 rings (SSSR count). The molecule has 1 aromatic heterocycles. The van der Waals surface area contributed by atoms with Gasteiger partial charge in [-0.05, 0) is 6.42 Å². The van der Waals surface area contributed by atoms with Crippen LogP contribution in [0.25, 0.3) is 0 Å². The molecule has 5 nitrogen and oxygen atoms in total. The predicted octanol–water partition coefficient (Wildman–Crippen LogP) is 0.531. The Bertz CT molecular complexity index is 321. The third kappa shape index (κ3) is 2.47. The second kappa shape index (κ2) is 4.49. The highest BCUT2D eigenvalue weighted by atomic mass is 16.5. The maximum Gasteiger partial charge on any atom is 0.277 e. The number of H-pyrrole nitrogens is 1. The van der Waals surface area contributed by atoms with E-state index in [4.69, 9.17) is 10.5 Å². The van der Waals surface area contributed by atoms with Gasteiger partial charge in [0.25, 0.3) is 5.56 Å². The molecular weight excluding hydrogens is 170 g/mol. The first-order valence-electron chi connectivity index (χ1n) is 4.21. The van der Waals surface area contributed by atoms with Gasteiger partial charge in [0.05, 0.1) is 12.9 Å². The summed E-state index contributed by atoms with van der Waals surface area (Å²) in [6.07, 6.45) is 3.23. The minimum atomic E-state index is -0.360. The van der Waals surface area contributed by atoms with E-state index in [1.165, 1.54) is 6.33 Å². The summed E-state index contributed by atoms with van der Waals surface area (Å²) in [6, 6.07) is 0. The van der Waals surface area contributed by atoms with Gasteiger partial charge < -0.3 is 15.5 Å². The number of rotatable bonds is 4. The maximum absolute atomic E-state index is 11.0. The number of anilines is 1. The minimum Gasteiger partial charge on any atom is -0.476 e. The lowest BCUT2D eigenvalue weighted by Gasteiger charge is -2.04. The van der Waals surface area contributed by atoms with Gasteiger partial charge in [-0.1, -0.05) is 13.3 Å². The number of ether oxygens (including phenoxy) is 1. The lowest BCUT2D eigenvalue weighted by molar-refractivity contribution is 0.298. The topological polar surface area (TPSA) is 81.0 Å². The van der Waals surface area contributed by atoms with Gasteiger partial charge in [-0.3, -0.25) is 4.79 Å². The Morgan fingerprint density at radius 3 is 3.15 bits per heavy atom. The average molecular weight is 183 g/mol. The second-order valence-corrected chi connectivity index (χ2v) is 2.65. The van der Waals surface area contributed by atoms with Crippen molar-refractivity contribution in [2.45, 2.75) is 19.8 Å². The zero-order valence-corrected chi connectivity index (χ0v) is 7.54. The van der Waals surface area contributed by atoms with Crippen molar-refractivity contribution in [1.29, 1.82) is 0 Å². The first-order valence-corrected chi connectivity index (χ1v) is 4.21. The molecule has 0 aliphatic carbocycles. The summed E-state index contributed by atoms with van der Waals surface area (Å²) in [6.45, 7) is 2.59. The van der Waals surface area contributed by atoms with Crippen molar-refractivity contribution >= 4 is 5.69 Å². The fourth-order valence-electron chi connectivity index (χ4n) is 0.822. The van der Waals surface area contributed by atoms with Crippen molar-refractivity contribution in [2.24, 2.45) is 0 Å². The highest BCUT2D eigenvalue weighted by molar-refractivity contribution is 5.44. The van der Waals surface area contributed by atoms with Gasteiger partial charge in [0.2, 0.25) is 5.88 Å². The highest BCUT2D eigenvalue weighted by Gasteiger charge is 2.04. The van der Waals surface area contributed by atoms with Crippen LogP contribution in [0.3, 0.4) is 0 Å². The Kier molecular flexibility index (Phi) is 3.31. The monoisotopic (exact) mass is 183 g/mol. The Morgan fingerprint density at radius 1 is 1.69 bits per heavy atom. The molecule has 0 unspecified atom stereocenters. The van der Waals surface area contributed by atoms with E-state index in [0.29, 0.717) is 6.61 Å². The van der Waals surface area contributed by atoms with Crippen molar-refractivity contribution in [3.8, 4) is 5.88 Å². The van der Waals surface area contributed by atoms with Gasteiger partial charge in [0.15, 0.2) is 5.69 Å². The van der Waals surface area contributed by atoms with E-state index in [-0.39, 0.29) is 17.1 Å². The Hall–Kier alpha value is -1.52. The number of hydrogen-bond donors (Lipinski definition) is 2. The number of nitrogens with two attached hydrogens (primary N) is 1. The van der Waals surface area contributed by atoms with E-state index in [0.717, 1.165) is 12.8 Å². The lowest BCUT2D eigenvalue weighted by atomic mass is 10.4. The number of aromatic nitrogens is 2. The number of hydrogen-bond acceptors (Lipinski definition) is 4. The van der Waals surface area contributed by atoms with Crippen LogP contribution in [0.4, 0.5) is 5.69 Å². The fraction of sp³-hybridized carbons (Fsp3) is 0.500. The predicted molar refractivity (Wildman–Crippen MR) is 49.7 cm³/mol. The van der Waals surface area contributed by atoms with E-state index in [9.17, 15) is 4.79 Å². The summed E-state index contributed by atoms with van der Waals surface area (Å²) in [4.78, 5) is 17.1. The molecule has 0 saturated carbocycles. The molecular formula is C8H13N3O2. The first-order chi connectivity index (χ1) is 6.25. The van der Waals surface area contributed by atoms with Crippen LogP contribution in [0.15, 0.2) is 11.1 Å². The Labute approximate surface area is 75.9 Å². The molecule has 72 valence electrons. The second-order valence-electron chi connectivity index (χ2n) is 2.65. The summed E-state index contributed by atoms with van der Waals surface area (Å²) >= 11 is 0. The summed E-state index contributed by atoms with van der Waals surface area (Å²) in [5, 5.41) is 0. The van der Waals surface area contributed by atoms with Crippen molar-refractivity contribution in [1.82, 2.24) is 9.97 Å². The van der Waals surface area contributed by atoms with Crippen LogP contribution in [0.5, 0.6) is 5.88 Å². The van der Waals surface area contributed by atoms with E-state index >= 15 is 0 Å². The SMILES string of the molecule is CCCCOc1nc[nH]c(=O)c1N. The van der Waals surface area contributed by atoms with Crippen LogP contribution in [-0.2, 0) is 0 Å². The van der Waals surface area contributed by atoms with Crippen LogP contribution < -0.4 is 16.0 Å². The molecule has 0 aliphatic heterocycles. The molecule has 1 aromatic rings. The molecule has 0 radical (unpaired) electrons. The molecule has 3 N–H and O–H groups in total. The number of nitrogens with zero attached hydrogens (tertiary/aromatic N) is 1. The molecule has 0 saturated heterocycles. The molecule has 0 amide bonds. The largest absolute Gasteiger partial charge is 0.476 e. The number of nitrogen functional groups attached to an aromatic ring is 1. The number of aromatic amines is 1. The minimum absolute atomic E-state index is 0.0404.